The first-order chi connectivity index (χ1) is 17.8. The fraction of sp³-hybridized carbons (Fsp3) is 0.370. The maximum absolute atomic E-state index is 13.2. The van der Waals surface area contributed by atoms with Crippen molar-refractivity contribution < 1.29 is 19.1 Å². The van der Waals surface area contributed by atoms with E-state index >= 15 is 0 Å². The number of carbonyl (C=O) groups excluding carboxylic acids is 1. The van der Waals surface area contributed by atoms with Crippen LogP contribution in [0, 0.1) is 5.92 Å². The molecule has 0 radical (unpaired) electrons. The molecule has 37 heavy (non-hydrogen) atoms. The average molecular weight is 568 g/mol. The fourth-order valence-electron chi connectivity index (χ4n) is 4.52. The maximum atomic E-state index is 13.2. The molecule has 10 heteroatoms. The van der Waals surface area contributed by atoms with Crippen molar-refractivity contribution >= 4 is 38.8 Å². The average Bonchev–Trinajstić information content (AvgIpc) is 3.52. The summed E-state index contributed by atoms with van der Waals surface area (Å²) >= 11 is 3.70. The van der Waals surface area contributed by atoms with Crippen molar-refractivity contribution in [3.8, 4) is 22.7 Å². The van der Waals surface area contributed by atoms with Crippen LogP contribution in [0.2, 0.25) is 0 Å². The van der Waals surface area contributed by atoms with Crippen LogP contribution in [-0.2, 0) is 16.1 Å². The van der Waals surface area contributed by atoms with Crippen molar-refractivity contribution in [1.82, 2.24) is 25.5 Å². The molecule has 2 N–H and O–H groups in total. The molecule has 0 spiro atoms. The number of carboxylic acid groups (broad SMARTS) is 1. The molecule has 0 saturated heterocycles. The molecule has 0 unspecified atom stereocenters. The molecule has 0 aliphatic carbocycles. The molecule has 4 aromatic rings. The maximum Gasteiger partial charge on any atom is 0.326 e. The van der Waals surface area contributed by atoms with E-state index in [9.17, 15) is 14.7 Å². The molecule has 0 saturated carbocycles. The number of rotatable bonds is 11. The van der Waals surface area contributed by atoms with E-state index in [1.165, 1.54) is 4.90 Å². The number of halogens is 1. The molecule has 2 aromatic heterocycles. The van der Waals surface area contributed by atoms with E-state index in [2.05, 4.69) is 43.5 Å². The van der Waals surface area contributed by atoms with Gasteiger partial charge in [-0.3, -0.25) is 4.79 Å². The van der Waals surface area contributed by atoms with Gasteiger partial charge in [-0.1, -0.05) is 63.9 Å². The van der Waals surface area contributed by atoms with Crippen LogP contribution in [-0.4, -0.2) is 48.5 Å². The molecule has 0 aliphatic rings. The van der Waals surface area contributed by atoms with Crippen LogP contribution in [0.15, 0.2) is 51.4 Å². The smallest absolute Gasteiger partial charge is 0.326 e. The number of hydrogen-bond acceptors (Lipinski definition) is 6. The zero-order valence-corrected chi connectivity index (χ0v) is 22.7. The number of aromatic nitrogens is 4. The zero-order chi connectivity index (χ0) is 26.5. The number of aromatic amines is 1. The van der Waals surface area contributed by atoms with Crippen molar-refractivity contribution in [2.24, 2.45) is 5.92 Å². The minimum Gasteiger partial charge on any atom is -0.480 e. The van der Waals surface area contributed by atoms with Gasteiger partial charge in [0.25, 0.3) is 0 Å². The van der Waals surface area contributed by atoms with Gasteiger partial charge in [-0.15, -0.1) is 10.2 Å². The Morgan fingerprint density at radius 3 is 2.54 bits per heavy atom. The van der Waals surface area contributed by atoms with Gasteiger partial charge >= 0.3 is 5.97 Å². The summed E-state index contributed by atoms with van der Waals surface area (Å²) < 4.78 is 6.96. The molecule has 2 heterocycles. The summed E-state index contributed by atoms with van der Waals surface area (Å²) in [5.74, 6) is -0.300. The first-order valence-electron chi connectivity index (χ1n) is 12.4. The number of aliphatic carboxylic acids is 1. The first kappa shape index (κ1) is 26.5. The third-order valence-electron chi connectivity index (χ3n) is 6.34. The first-order valence-corrected chi connectivity index (χ1v) is 13.2. The van der Waals surface area contributed by atoms with Gasteiger partial charge in [-0.05, 0) is 51.2 Å². The number of hydrogen-bond donors (Lipinski definition) is 2. The molecular weight excluding hydrogens is 538 g/mol. The lowest BCUT2D eigenvalue weighted by Crippen LogP contribution is -2.47. The Morgan fingerprint density at radius 1 is 1.14 bits per heavy atom. The summed E-state index contributed by atoms with van der Waals surface area (Å²) in [6.07, 6.45) is 2.99. The largest absolute Gasteiger partial charge is 0.480 e. The molecule has 0 aliphatic heterocycles. The van der Waals surface area contributed by atoms with Gasteiger partial charge in [0.2, 0.25) is 11.7 Å². The summed E-state index contributed by atoms with van der Waals surface area (Å²) in [6.45, 7) is 5.93. The number of carboxylic acids is 1. The summed E-state index contributed by atoms with van der Waals surface area (Å²) in [5, 5.41) is 25.1. The molecule has 9 nitrogen and oxygen atoms in total. The van der Waals surface area contributed by atoms with E-state index in [1.54, 1.807) is 0 Å². The number of nitrogens with one attached hydrogen (secondary N) is 1. The van der Waals surface area contributed by atoms with Crippen molar-refractivity contribution in [2.45, 2.75) is 59.0 Å². The number of tetrazole rings is 1. The van der Waals surface area contributed by atoms with Crippen molar-refractivity contribution in [1.29, 1.82) is 0 Å². The Morgan fingerprint density at radius 2 is 1.89 bits per heavy atom. The third kappa shape index (κ3) is 5.74. The van der Waals surface area contributed by atoms with Gasteiger partial charge in [-0.2, -0.15) is 5.21 Å². The van der Waals surface area contributed by atoms with Gasteiger partial charge < -0.3 is 14.4 Å². The summed E-state index contributed by atoms with van der Waals surface area (Å²) in [6, 6.07) is 12.4. The fourth-order valence-corrected chi connectivity index (χ4v) is 5.13. The quantitative estimate of drug-likeness (QED) is 0.211. The van der Waals surface area contributed by atoms with E-state index < -0.39 is 12.0 Å². The summed E-state index contributed by atoms with van der Waals surface area (Å²) in [5.41, 5.74) is 3.05. The summed E-state index contributed by atoms with van der Waals surface area (Å²) in [4.78, 5) is 26.8. The highest BCUT2D eigenvalue weighted by Gasteiger charge is 2.32. The normalized spacial score (nSPS) is 12.2. The third-order valence-corrected chi connectivity index (χ3v) is 7.12. The van der Waals surface area contributed by atoms with Gasteiger partial charge in [0.05, 0.1) is 4.47 Å². The van der Waals surface area contributed by atoms with Crippen molar-refractivity contribution in [2.75, 3.05) is 0 Å². The standard InChI is InChI=1S/C27H30BrN5O4/c1-4-5-6-11-22(34)33(24(16(2)3)27(35)36)15-17-12-13-21-20(14-17)23(28)25(37-21)18-9-7-8-10-19(18)26-29-31-32-30-26/h7-10,12-14,16,24H,4-6,11,15H2,1-3H3,(H,35,36)(H,29,30,31,32)/t24-/m0/s1. The summed E-state index contributed by atoms with van der Waals surface area (Å²) in [7, 11) is 0. The van der Waals surface area contributed by atoms with Crippen LogP contribution in [0.3, 0.4) is 0 Å². The highest BCUT2D eigenvalue weighted by atomic mass is 79.9. The van der Waals surface area contributed by atoms with Gasteiger partial charge in [0, 0.05) is 29.5 Å². The minimum absolute atomic E-state index is 0.143. The van der Waals surface area contributed by atoms with E-state index in [4.69, 9.17) is 4.42 Å². The molecular formula is C27H30BrN5O4. The van der Waals surface area contributed by atoms with Crippen LogP contribution in [0.5, 0.6) is 0 Å². The predicted octanol–water partition coefficient (Wildman–Crippen LogP) is 6.06. The number of unbranched alkanes of at least 4 members (excludes halogenated alkanes) is 2. The zero-order valence-electron chi connectivity index (χ0n) is 21.1. The Balaban J connectivity index is 1.70. The minimum atomic E-state index is -0.996. The Hall–Kier alpha value is -3.53. The molecule has 0 fully saturated rings. The lowest BCUT2D eigenvalue weighted by molar-refractivity contribution is -0.153. The molecule has 1 atom stereocenters. The van der Waals surface area contributed by atoms with Gasteiger partial charge in [0.15, 0.2) is 0 Å². The second kappa shape index (κ2) is 11.7. The lowest BCUT2D eigenvalue weighted by atomic mass is 10.00. The molecule has 194 valence electrons. The molecule has 1 amide bonds. The van der Waals surface area contributed by atoms with E-state index in [-0.39, 0.29) is 18.4 Å². The van der Waals surface area contributed by atoms with Crippen LogP contribution >= 0.6 is 15.9 Å². The number of H-pyrrole nitrogens is 1. The van der Waals surface area contributed by atoms with Gasteiger partial charge in [0.1, 0.15) is 17.4 Å². The number of furan rings is 1. The Bertz CT molecular complexity index is 1380. The number of amides is 1. The monoisotopic (exact) mass is 567 g/mol. The SMILES string of the molecule is CCCCCC(=O)N(Cc1ccc2oc(-c3ccccc3-c3nn[nH]n3)c(Br)c2c1)[C@H](C(=O)O)C(C)C. The molecule has 2 aromatic carbocycles. The number of carbonyl (C=O) groups is 2. The van der Waals surface area contributed by atoms with E-state index in [1.807, 2.05) is 56.3 Å². The highest BCUT2D eigenvalue weighted by Crippen LogP contribution is 2.41. The topological polar surface area (TPSA) is 125 Å². The Labute approximate surface area is 223 Å². The second-order valence-electron chi connectivity index (χ2n) is 9.36. The van der Waals surface area contributed by atoms with Crippen LogP contribution in [0.1, 0.15) is 52.0 Å². The van der Waals surface area contributed by atoms with Crippen molar-refractivity contribution in [3.05, 3.63) is 52.5 Å². The van der Waals surface area contributed by atoms with Crippen LogP contribution in [0.4, 0.5) is 0 Å². The lowest BCUT2D eigenvalue weighted by Gasteiger charge is -2.32. The molecule has 4 rings (SSSR count). The number of nitrogens with zero attached hydrogens (tertiary/aromatic N) is 4. The predicted molar refractivity (Wildman–Crippen MR) is 143 cm³/mol. The Kier molecular flexibility index (Phi) is 8.38. The second-order valence-corrected chi connectivity index (χ2v) is 10.2. The highest BCUT2D eigenvalue weighted by molar-refractivity contribution is 9.10. The van der Waals surface area contributed by atoms with Crippen LogP contribution < -0.4 is 0 Å². The number of fused-ring (bicyclic) bond motifs is 1. The van der Waals surface area contributed by atoms with Crippen LogP contribution in [0.25, 0.3) is 33.7 Å². The van der Waals surface area contributed by atoms with E-state index in [0.29, 0.717) is 23.6 Å². The van der Waals surface area contributed by atoms with E-state index in [0.717, 1.165) is 45.8 Å². The van der Waals surface area contributed by atoms with Crippen molar-refractivity contribution in [3.63, 3.8) is 0 Å². The van der Waals surface area contributed by atoms with Gasteiger partial charge in [-0.25, -0.2) is 4.79 Å². The molecule has 0 bridgehead atoms. The number of benzene rings is 2.